The number of nitrogens with one attached hydrogen (secondary N) is 2. The molecule has 0 aromatic heterocycles. The van der Waals surface area contributed by atoms with Crippen LogP contribution in [0.1, 0.15) is 24.0 Å². The molecule has 0 saturated heterocycles. The number of hydrogen-bond donors (Lipinski definition) is 2. The first-order valence-corrected chi connectivity index (χ1v) is 8.65. The molecule has 138 valence electrons. The third-order valence-electron chi connectivity index (χ3n) is 4.64. The van der Waals surface area contributed by atoms with E-state index in [-0.39, 0.29) is 11.2 Å². The molecule has 0 radical (unpaired) electrons. The highest BCUT2D eigenvalue weighted by atomic mass is 19.3. The molecule has 2 N–H and O–H groups in total. The summed E-state index contributed by atoms with van der Waals surface area (Å²) in [6, 6.07) is 17.1. The van der Waals surface area contributed by atoms with E-state index in [0.29, 0.717) is 12.5 Å². The Morgan fingerprint density at radius 3 is 2.54 bits per heavy atom. The maximum absolute atomic E-state index is 12.3. The van der Waals surface area contributed by atoms with Crippen molar-refractivity contribution < 1.29 is 13.5 Å². The Hall–Kier alpha value is -2.63. The van der Waals surface area contributed by atoms with Gasteiger partial charge in [0.25, 0.3) is 0 Å². The predicted molar refractivity (Wildman–Crippen MR) is 98.6 cm³/mol. The first-order valence-electron chi connectivity index (χ1n) is 8.65. The number of nitrogens with zero attached hydrogens (tertiary/aromatic N) is 1. The fourth-order valence-corrected chi connectivity index (χ4v) is 3.00. The zero-order valence-corrected chi connectivity index (χ0v) is 14.7. The van der Waals surface area contributed by atoms with Gasteiger partial charge in [-0.05, 0) is 36.1 Å². The van der Waals surface area contributed by atoms with Crippen LogP contribution < -0.4 is 15.4 Å². The largest absolute Gasteiger partial charge is 0.435 e. The van der Waals surface area contributed by atoms with Crippen molar-refractivity contribution in [2.45, 2.75) is 31.4 Å². The van der Waals surface area contributed by atoms with E-state index in [1.54, 1.807) is 19.2 Å². The number of guanidine groups is 1. The second kappa shape index (κ2) is 8.17. The van der Waals surface area contributed by atoms with Crippen LogP contribution in [-0.2, 0) is 12.0 Å². The second-order valence-electron chi connectivity index (χ2n) is 6.45. The van der Waals surface area contributed by atoms with Crippen LogP contribution in [0.25, 0.3) is 0 Å². The van der Waals surface area contributed by atoms with Gasteiger partial charge in [0.15, 0.2) is 5.96 Å². The fourth-order valence-electron chi connectivity index (χ4n) is 3.00. The summed E-state index contributed by atoms with van der Waals surface area (Å²) >= 11 is 0. The van der Waals surface area contributed by atoms with E-state index < -0.39 is 6.61 Å². The molecule has 0 aliphatic heterocycles. The summed E-state index contributed by atoms with van der Waals surface area (Å²) < 4.78 is 29.1. The Kier molecular flexibility index (Phi) is 5.71. The van der Waals surface area contributed by atoms with Crippen molar-refractivity contribution in [1.82, 2.24) is 10.6 Å². The van der Waals surface area contributed by atoms with Crippen LogP contribution in [-0.4, -0.2) is 26.2 Å². The minimum atomic E-state index is -2.82. The third-order valence-corrected chi connectivity index (χ3v) is 4.64. The van der Waals surface area contributed by atoms with Crippen LogP contribution in [0.15, 0.2) is 59.6 Å². The monoisotopic (exact) mass is 359 g/mol. The van der Waals surface area contributed by atoms with Crippen molar-refractivity contribution in [3.8, 4) is 5.75 Å². The van der Waals surface area contributed by atoms with Gasteiger partial charge in [-0.3, -0.25) is 4.99 Å². The Labute approximate surface area is 152 Å². The molecule has 0 spiro atoms. The summed E-state index contributed by atoms with van der Waals surface area (Å²) in [6.45, 7) is -1.54. The number of ether oxygens (including phenoxy) is 1. The first kappa shape index (κ1) is 18.2. The number of alkyl halides is 2. The zero-order chi connectivity index (χ0) is 18.4. The SMILES string of the molecule is CN=C(NCc1cccc(OC(F)F)c1)NCC1(c2ccccc2)CC1. The Bertz CT molecular complexity index is 746. The Balaban J connectivity index is 1.53. The van der Waals surface area contributed by atoms with Gasteiger partial charge in [0, 0.05) is 25.6 Å². The standard InChI is InChI=1S/C20H23F2N3O/c1-23-19(24-13-15-6-5-9-17(12-15)26-18(21)22)25-14-20(10-11-20)16-7-3-2-4-8-16/h2-9,12,18H,10-11,13-14H2,1H3,(H2,23,24,25). The van der Waals surface area contributed by atoms with E-state index >= 15 is 0 Å². The number of benzene rings is 2. The van der Waals surface area contributed by atoms with Crippen LogP contribution >= 0.6 is 0 Å². The van der Waals surface area contributed by atoms with Crippen LogP contribution in [0.4, 0.5) is 8.78 Å². The molecule has 0 heterocycles. The van der Waals surface area contributed by atoms with Gasteiger partial charge >= 0.3 is 6.61 Å². The molecule has 3 rings (SSSR count). The van der Waals surface area contributed by atoms with Gasteiger partial charge in [-0.1, -0.05) is 42.5 Å². The third kappa shape index (κ3) is 4.71. The van der Waals surface area contributed by atoms with Gasteiger partial charge < -0.3 is 15.4 Å². The fraction of sp³-hybridized carbons (Fsp3) is 0.350. The number of hydrogen-bond acceptors (Lipinski definition) is 2. The Morgan fingerprint density at radius 1 is 1.12 bits per heavy atom. The van der Waals surface area contributed by atoms with E-state index in [0.717, 1.165) is 24.9 Å². The molecule has 6 heteroatoms. The molecule has 1 saturated carbocycles. The Morgan fingerprint density at radius 2 is 1.88 bits per heavy atom. The summed E-state index contributed by atoms with van der Waals surface area (Å²) in [5.74, 6) is 0.843. The molecule has 1 aliphatic rings. The van der Waals surface area contributed by atoms with Crippen LogP contribution in [0.5, 0.6) is 5.75 Å². The van der Waals surface area contributed by atoms with Crippen molar-refractivity contribution in [2.75, 3.05) is 13.6 Å². The van der Waals surface area contributed by atoms with Gasteiger partial charge in [0.1, 0.15) is 5.75 Å². The number of rotatable bonds is 7. The number of halogens is 2. The molecule has 4 nitrogen and oxygen atoms in total. The van der Waals surface area contributed by atoms with Gasteiger partial charge in [-0.15, -0.1) is 0 Å². The zero-order valence-electron chi connectivity index (χ0n) is 14.7. The summed E-state index contributed by atoms with van der Waals surface area (Å²) in [5.41, 5.74) is 2.37. The molecule has 1 fully saturated rings. The minimum absolute atomic E-state index is 0.156. The molecule has 0 bridgehead atoms. The molecular formula is C20H23F2N3O. The average Bonchev–Trinajstić information content (AvgIpc) is 3.44. The van der Waals surface area contributed by atoms with Crippen molar-refractivity contribution in [3.63, 3.8) is 0 Å². The quantitative estimate of drug-likeness (QED) is 0.585. The lowest BCUT2D eigenvalue weighted by Gasteiger charge is -2.19. The van der Waals surface area contributed by atoms with Crippen LogP contribution in [0.2, 0.25) is 0 Å². The van der Waals surface area contributed by atoms with Crippen molar-refractivity contribution >= 4 is 5.96 Å². The average molecular weight is 359 g/mol. The normalized spacial score (nSPS) is 15.6. The summed E-state index contributed by atoms with van der Waals surface area (Å²) in [5, 5.41) is 6.59. The van der Waals surface area contributed by atoms with Crippen molar-refractivity contribution in [3.05, 3.63) is 65.7 Å². The van der Waals surface area contributed by atoms with Gasteiger partial charge in [-0.25, -0.2) is 0 Å². The lowest BCUT2D eigenvalue weighted by atomic mass is 9.96. The van der Waals surface area contributed by atoms with Gasteiger partial charge in [0.05, 0.1) is 0 Å². The topological polar surface area (TPSA) is 45.7 Å². The molecule has 1 aliphatic carbocycles. The molecule has 0 unspecified atom stereocenters. The van der Waals surface area contributed by atoms with E-state index in [4.69, 9.17) is 0 Å². The lowest BCUT2D eigenvalue weighted by Crippen LogP contribution is -2.40. The molecule has 2 aromatic rings. The highest BCUT2D eigenvalue weighted by molar-refractivity contribution is 5.79. The smallest absolute Gasteiger partial charge is 0.387 e. The maximum Gasteiger partial charge on any atom is 0.387 e. The first-order chi connectivity index (χ1) is 12.6. The highest BCUT2D eigenvalue weighted by Crippen LogP contribution is 2.47. The van der Waals surface area contributed by atoms with E-state index in [9.17, 15) is 8.78 Å². The molecule has 0 atom stereocenters. The highest BCUT2D eigenvalue weighted by Gasteiger charge is 2.43. The van der Waals surface area contributed by atoms with Crippen molar-refractivity contribution in [2.24, 2.45) is 4.99 Å². The summed E-state index contributed by atoms with van der Waals surface area (Å²) in [6.07, 6.45) is 2.32. The molecular weight excluding hydrogens is 336 g/mol. The predicted octanol–water partition coefficient (Wildman–Crippen LogP) is 3.68. The van der Waals surface area contributed by atoms with E-state index in [2.05, 4.69) is 44.6 Å². The van der Waals surface area contributed by atoms with Gasteiger partial charge in [0.2, 0.25) is 0 Å². The maximum atomic E-state index is 12.3. The molecule has 2 aromatic carbocycles. The van der Waals surface area contributed by atoms with Crippen LogP contribution in [0, 0.1) is 0 Å². The minimum Gasteiger partial charge on any atom is -0.435 e. The van der Waals surface area contributed by atoms with Crippen molar-refractivity contribution in [1.29, 1.82) is 0 Å². The summed E-state index contributed by atoms with van der Waals surface area (Å²) in [7, 11) is 1.72. The lowest BCUT2D eigenvalue weighted by molar-refractivity contribution is -0.0498. The van der Waals surface area contributed by atoms with Gasteiger partial charge in [-0.2, -0.15) is 8.78 Å². The van der Waals surface area contributed by atoms with Crippen LogP contribution in [0.3, 0.4) is 0 Å². The second-order valence-corrected chi connectivity index (χ2v) is 6.45. The number of aliphatic imine (C=N–C) groups is 1. The summed E-state index contributed by atoms with van der Waals surface area (Å²) in [4.78, 5) is 4.24. The molecule has 26 heavy (non-hydrogen) atoms. The van der Waals surface area contributed by atoms with E-state index in [1.807, 2.05) is 12.1 Å². The van der Waals surface area contributed by atoms with E-state index in [1.165, 1.54) is 11.6 Å². The molecule has 0 amide bonds.